The van der Waals surface area contributed by atoms with E-state index in [-0.39, 0.29) is 10.8 Å². The van der Waals surface area contributed by atoms with E-state index in [1.807, 2.05) is 18.2 Å². The van der Waals surface area contributed by atoms with Gasteiger partial charge < -0.3 is 9.47 Å². The summed E-state index contributed by atoms with van der Waals surface area (Å²) >= 11 is 0. The van der Waals surface area contributed by atoms with E-state index in [2.05, 4.69) is 33.1 Å². The Kier molecular flexibility index (Phi) is 5.74. The highest BCUT2D eigenvalue weighted by molar-refractivity contribution is 5.91. The zero-order chi connectivity index (χ0) is 22.4. The predicted octanol–water partition coefficient (Wildman–Crippen LogP) is 5.83. The van der Waals surface area contributed by atoms with Crippen LogP contribution in [-0.4, -0.2) is 23.4 Å². The Labute approximate surface area is 174 Å². The Bertz CT molecular complexity index is 798. The molecule has 6 nitrogen and oxygen atoms in total. The Balaban J connectivity index is 2.44. The molecule has 2 rings (SSSR count). The number of nitrogens with one attached hydrogen (secondary N) is 1. The number of carbonyl (C=O) groups excluding carboxylic acids is 2. The molecule has 1 N–H and O–H groups in total. The highest BCUT2D eigenvalue weighted by Gasteiger charge is 2.42. The molecule has 162 valence electrons. The summed E-state index contributed by atoms with van der Waals surface area (Å²) in [6.07, 6.45) is -0.383. The van der Waals surface area contributed by atoms with Crippen LogP contribution in [0, 0.1) is 0 Å². The predicted molar refractivity (Wildman–Crippen MR) is 115 cm³/mol. The lowest BCUT2D eigenvalue weighted by atomic mass is 9.82. The number of rotatable bonds is 1. The van der Waals surface area contributed by atoms with Gasteiger partial charge in [-0.25, -0.2) is 15.0 Å². The van der Waals surface area contributed by atoms with Gasteiger partial charge in [0.25, 0.3) is 0 Å². The van der Waals surface area contributed by atoms with Gasteiger partial charge in [0, 0.05) is 0 Å². The van der Waals surface area contributed by atoms with Crippen LogP contribution in [0.25, 0.3) is 0 Å². The first kappa shape index (κ1) is 23.0. The van der Waals surface area contributed by atoms with E-state index in [1.165, 1.54) is 11.1 Å². The van der Waals surface area contributed by atoms with E-state index in [0.29, 0.717) is 5.69 Å². The van der Waals surface area contributed by atoms with Crippen LogP contribution < -0.4 is 10.4 Å². The lowest BCUT2D eigenvalue weighted by molar-refractivity contribution is 0.0425. The van der Waals surface area contributed by atoms with E-state index in [4.69, 9.17) is 9.47 Å². The number of amides is 2. The van der Waals surface area contributed by atoms with Crippen molar-refractivity contribution in [1.82, 2.24) is 5.43 Å². The van der Waals surface area contributed by atoms with Crippen molar-refractivity contribution in [2.45, 2.75) is 97.7 Å². The third-order valence-corrected chi connectivity index (χ3v) is 4.78. The SMILES string of the molecule is CC(C)(C)OC(=O)NN(C(=O)OC(C)(C)C)c1ccc2c(c1)C(C)(C)CC2(C)C. The fourth-order valence-electron chi connectivity index (χ4n) is 4.03. The molecule has 0 fully saturated rings. The van der Waals surface area contributed by atoms with E-state index in [9.17, 15) is 9.59 Å². The van der Waals surface area contributed by atoms with Crippen LogP contribution in [0.15, 0.2) is 18.2 Å². The van der Waals surface area contributed by atoms with Crippen molar-refractivity contribution >= 4 is 17.9 Å². The number of hydrazine groups is 1. The lowest BCUT2D eigenvalue weighted by Crippen LogP contribution is -2.50. The lowest BCUT2D eigenvalue weighted by Gasteiger charge is -2.29. The molecule has 0 saturated heterocycles. The molecule has 6 heteroatoms. The van der Waals surface area contributed by atoms with Gasteiger partial charge in [0.2, 0.25) is 0 Å². The molecule has 0 spiro atoms. The van der Waals surface area contributed by atoms with E-state index < -0.39 is 23.4 Å². The Morgan fingerprint density at radius 2 is 1.41 bits per heavy atom. The van der Waals surface area contributed by atoms with E-state index in [1.54, 1.807) is 41.5 Å². The molecule has 2 amide bonds. The highest BCUT2D eigenvalue weighted by atomic mass is 16.6. The maximum atomic E-state index is 12.9. The molecule has 0 aromatic heterocycles. The number of hydrogen-bond donors (Lipinski definition) is 1. The normalized spacial score (nSPS) is 17.3. The number of nitrogens with zero attached hydrogens (tertiary/aromatic N) is 1. The van der Waals surface area contributed by atoms with Gasteiger partial charge in [-0.2, -0.15) is 5.01 Å². The van der Waals surface area contributed by atoms with Gasteiger partial charge in [0.1, 0.15) is 11.2 Å². The van der Waals surface area contributed by atoms with Gasteiger partial charge >= 0.3 is 12.2 Å². The number of fused-ring (bicyclic) bond motifs is 1. The number of benzene rings is 1. The molecule has 1 aromatic carbocycles. The smallest absolute Gasteiger partial charge is 0.434 e. The summed E-state index contributed by atoms with van der Waals surface area (Å²) in [5.74, 6) is 0. The van der Waals surface area contributed by atoms with Gasteiger partial charge in [-0.15, -0.1) is 0 Å². The van der Waals surface area contributed by atoms with Crippen LogP contribution in [0.4, 0.5) is 15.3 Å². The molecule has 0 atom stereocenters. The molecular weight excluding hydrogens is 368 g/mol. The number of anilines is 1. The van der Waals surface area contributed by atoms with Crippen LogP contribution >= 0.6 is 0 Å². The van der Waals surface area contributed by atoms with Crippen molar-refractivity contribution in [3.63, 3.8) is 0 Å². The first-order valence-electron chi connectivity index (χ1n) is 10.1. The molecule has 1 aliphatic rings. The molecule has 29 heavy (non-hydrogen) atoms. The third-order valence-electron chi connectivity index (χ3n) is 4.78. The van der Waals surface area contributed by atoms with Gasteiger partial charge in [0.15, 0.2) is 0 Å². The summed E-state index contributed by atoms with van der Waals surface area (Å²) in [5.41, 5.74) is 4.12. The van der Waals surface area contributed by atoms with Gasteiger partial charge in [0.05, 0.1) is 5.69 Å². The van der Waals surface area contributed by atoms with Crippen molar-refractivity contribution < 1.29 is 19.1 Å². The molecule has 0 bridgehead atoms. The minimum atomic E-state index is -0.719. The van der Waals surface area contributed by atoms with Crippen LogP contribution in [0.5, 0.6) is 0 Å². The molecular formula is C23H36N2O4. The number of ether oxygens (including phenoxy) is 2. The minimum absolute atomic E-state index is 0.0413. The molecule has 0 aliphatic heterocycles. The molecule has 0 radical (unpaired) electrons. The molecule has 1 aromatic rings. The minimum Gasteiger partial charge on any atom is -0.443 e. The molecule has 0 saturated carbocycles. The first-order valence-corrected chi connectivity index (χ1v) is 10.1. The van der Waals surface area contributed by atoms with Crippen molar-refractivity contribution in [1.29, 1.82) is 0 Å². The van der Waals surface area contributed by atoms with E-state index in [0.717, 1.165) is 11.4 Å². The number of hydrogen-bond acceptors (Lipinski definition) is 4. The summed E-state index contributed by atoms with van der Waals surface area (Å²) < 4.78 is 10.9. The average Bonchev–Trinajstić information content (AvgIpc) is 2.65. The largest absolute Gasteiger partial charge is 0.443 e. The Morgan fingerprint density at radius 3 is 1.93 bits per heavy atom. The summed E-state index contributed by atoms with van der Waals surface area (Å²) in [5, 5.41) is 1.13. The summed E-state index contributed by atoms with van der Waals surface area (Å²) in [6, 6.07) is 5.84. The first-order chi connectivity index (χ1) is 12.9. The number of carbonyl (C=O) groups is 2. The maximum absolute atomic E-state index is 12.9. The van der Waals surface area contributed by atoms with Crippen LogP contribution in [0.3, 0.4) is 0 Å². The second-order valence-electron chi connectivity index (χ2n) is 11.1. The Morgan fingerprint density at radius 1 is 0.897 bits per heavy atom. The summed E-state index contributed by atoms with van der Waals surface area (Å²) in [4.78, 5) is 25.3. The molecule has 1 aliphatic carbocycles. The second kappa shape index (κ2) is 7.22. The highest BCUT2D eigenvalue weighted by Crippen LogP contribution is 2.50. The zero-order valence-corrected chi connectivity index (χ0v) is 19.5. The average molecular weight is 405 g/mol. The third kappa shape index (κ3) is 5.64. The standard InChI is InChI=1S/C23H36N2O4/c1-20(2,3)28-18(26)24-25(19(27)29-21(4,5)6)15-11-12-16-17(13-15)23(9,10)14-22(16,7)8/h11-13H,14H2,1-10H3,(H,24,26). The maximum Gasteiger partial charge on any atom is 0.434 e. The molecule has 0 heterocycles. The monoisotopic (exact) mass is 404 g/mol. The van der Waals surface area contributed by atoms with Crippen LogP contribution in [0.1, 0.15) is 86.8 Å². The second-order valence-corrected chi connectivity index (χ2v) is 11.1. The van der Waals surface area contributed by atoms with Crippen molar-refractivity contribution in [3.05, 3.63) is 29.3 Å². The van der Waals surface area contributed by atoms with Crippen LogP contribution in [-0.2, 0) is 20.3 Å². The summed E-state index contributed by atoms with van der Waals surface area (Å²) in [7, 11) is 0. The van der Waals surface area contributed by atoms with Gasteiger partial charge in [-0.1, -0.05) is 33.8 Å². The summed E-state index contributed by atoms with van der Waals surface area (Å²) in [6.45, 7) is 19.5. The Hall–Kier alpha value is -2.24. The van der Waals surface area contributed by atoms with Crippen molar-refractivity contribution in [2.24, 2.45) is 0 Å². The molecule has 0 unspecified atom stereocenters. The topological polar surface area (TPSA) is 67.9 Å². The van der Waals surface area contributed by atoms with Crippen molar-refractivity contribution in [3.8, 4) is 0 Å². The fraction of sp³-hybridized carbons (Fsp3) is 0.652. The quantitative estimate of drug-likeness (QED) is 0.598. The van der Waals surface area contributed by atoms with Crippen LogP contribution in [0.2, 0.25) is 0 Å². The van der Waals surface area contributed by atoms with Gasteiger partial charge in [-0.05, 0) is 82.1 Å². The van der Waals surface area contributed by atoms with Gasteiger partial charge in [-0.3, -0.25) is 0 Å². The fourth-order valence-corrected chi connectivity index (χ4v) is 4.03. The van der Waals surface area contributed by atoms with E-state index >= 15 is 0 Å². The van der Waals surface area contributed by atoms with Crippen molar-refractivity contribution in [2.75, 3.05) is 5.01 Å². The zero-order valence-electron chi connectivity index (χ0n) is 19.5.